The van der Waals surface area contributed by atoms with Crippen LogP contribution in [0.15, 0.2) is 60.8 Å². The zero-order valence-electron chi connectivity index (χ0n) is 12.0. The third-order valence-electron chi connectivity index (χ3n) is 3.60. The minimum Gasteiger partial charge on any atom is -0.389 e. The maximum Gasteiger partial charge on any atom is 0.0781 e. The minimum atomic E-state index is -0.487. The zero-order chi connectivity index (χ0) is 14.7. The van der Waals surface area contributed by atoms with Crippen molar-refractivity contribution >= 4 is 16.6 Å². The Morgan fingerprint density at radius 1 is 1.05 bits per heavy atom. The predicted octanol–water partition coefficient (Wildman–Crippen LogP) is 3.90. The van der Waals surface area contributed by atoms with Crippen LogP contribution >= 0.6 is 0 Å². The number of aliphatic hydroxyl groups excluding tert-OH is 1. The summed E-state index contributed by atoms with van der Waals surface area (Å²) in [7, 11) is 0. The monoisotopic (exact) mass is 278 g/mol. The molecule has 106 valence electrons. The van der Waals surface area contributed by atoms with Crippen LogP contribution in [-0.4, -0.2) is 10.1 Å². The van der Waals surface area contributed by atoms with Gasteiger partial charge in [0.1, 0.15) is 0 Å². The van der Waals surface area contributed by atoms with Crippen molar-refractivity contribution in [1.82, 2.24) is 4.98 Å². The number of benzene rings is 2. The van der Waals surface area contributed by atoms with Gasteiger partial charge < -0.3 is 10.4 Å². The van der Waals surface area contributed by atoms with Gasteiger partial charge >= 0.3 is 0 Å². The number of aromatic nitrogens is 1. The topological polar surface area (TPSA) is 45.1 Å². The Morgan fingerprint density at radius 3 is 2.71 bits per heavy atom. The SMILES string of the molecule is CC(O)c1ccccc1NCc1cccc2cccnc12. The van der Waals surface area contributed by atoms with Gasteiger partial charge in [0.25, 0.3) is 0 Å². The molecule has 0 radical (unpaired) electrons. The summed E-state index contributed by atoms with van der Waals surface area (Å²) in [6, 6.07) is 18.0. The van der Waals surface area contributed by atoms with Crippen LogP contribution in [0, 0.1) is 0 Å². The first kappa shape index (κ1) is 13.6. The Morgan fingerprint density at radius 2 is 1.86 bits per heavy atom. The van der Waals surface area contributed by atoms with Crippen LogP contribution in [0.1, 0.15) is 24.2 Å². The van der Waals surface area contributed by atoms with Gasteiger partial charge in [-0.25, -0.2) is 0 Å². The minimum absolute atomic E-state index is 0.487. The van der Waals surface area contributed by atoms with Gasteiger partial charge in [0, 0.05) is 29.4 Å². The number of anilines is 1. The van der Waals surface area contributed by atoms with Crippen molar-refractivity contribution < 1.29 is 5.11 Å². The maximum atomic E-state index is 9.82. The Bertz CT molecular complexity index is 748. The molecule has 3 aromatic rings. The second kappa shape index (κ2) is 5.94. The first-order valence-electron chi connectivity index (χ1n) is 7.09. The summed E-state index contributed by atoms with van der Waals surface area (Å²) in [4.78, 5) is 4.46. The van der Waals surface area contributed by atoms with E-state index in [-0.39, 0.29) is 0 Å². The van der Waals surface area contributed by atoms with E-state index in [0.29, 0.717) is 6.54 Å². The molecule has 0 saturated heterocycles. The van der Waals surface area contributed by atoms with E-state index < -0.39 is 6.10 Å². The number of nitrogens with one attached hydrogen (secondary N) is 1. The number of aliphatic hydroxyl groups is 1. The molecular weight excluding hydrogens is 260 g/mol. The highest BCUT2D eigenvalue weighted by Gasteiger charge is 2.07. The van der Waals surface area contributed by atoms with Crippen molar-refractivity contribution in [2.24, 2.45) is 0 Å². The molecule has 1 atom stereocenters. The van der Waals surface area contributed by atoms with Crippen molar-refractivity contribution in [3.63, 3.8) is 0 Å². The van der Waals surface area contributed by atoms with Crippen LogP contribution in [0.2, 0.25) is 0 Å². The molecule has 3 heteroatoms. The Kier molecular flexibility index (Phi) is 3.84. The average molecular weight is 278 g/mol. The summed E-state index contributed by atoms with van der Waals surface area (Å²) in [6.45, 7) is 2.46. The van der Waals surface area contributed by atoms with Crippen LogP contribution in [-0.2, 0) is 6.54 Å². The van der Waals surface area contributed by atoms with Crippen LogP contribution in [0.3, 0.4) is 0 Å². The summed E-state index contributed by atoms with van der Waals surface area (Å²) in [5, 5.41) is 14.4. The Balaban J connectivity index is 1.87. The lowest BCUT2D eigenvalue weighted by molar-refractivity contribution is 0.200. The standard InChI is InChI=1S/C18H18N2O/c1-13(21)16-9-2-3-10-17(16)20-12-15-7-4-6-14-8-5-11-19-18(14)15/h2-11,13,20-21H,12H2,1H3. The van der Waals surface area contributed by atoms with Crippen LogP contribution in [0.25, 0.3) is 10.9 Å². The van der Waals surface area contributed by atoms with Gasteiger partial charge in [0.05, 0.1) is 11.6 Å². The molecule has 0 bridgehead atoms. The highest BCUT2D eigenvalue weighted by atomic mass is 16.3. The lowest BCUT2D eigenvalue weighted by Crippen LogP contribution is -2.05. The summed E-state index contributed by atoms with van der Waals surface area (Å²) < 4.78 is 0. The number of para-hydroxylation sites is 2. The quantitative estimate of drug-likeness (QED) is 0.760. The highest BCUT2D eigenvalue weighted by Crippen LogP contribution is 2.24. The van der Waals surface area contributed by atoms with E-state index in [9.17, 15) is 5.11 Å². The summed E-state index contributed by atoms with van der Waals surface area (Å²) in [5.74, 6) is 0. The lowest BCUT2D eigenvalue weighted by Gasteiger charge is -2.14. The number of pyridine rings is 1. The molecule has 2 N–H and O–H groups in total. The van der Waals surface area contributed by atoms with E-state index >= 15 is 0 Å². The van der Waals surface area contributed by atoms with Crippen LogP contribution in [0.4, 0.5) is 5.69 Å². The zero-order valence-corrected chi connectivity index (χ0v) is 12.0. The molecule has 1 heterocycles. The Labute approximate surface area is 124 Å². The van der Waals surface area contributed by atoms with Crippen LogP contribution in [0.5, 0.6) is 0 Å². The Hall–Kier alpha value is -2.39. The molecule has 0 spiro atoms. The smallest absolute Gasteiger partial charge is 0.0781 e. The van der Waals surface area contributed by atoms with Gasteiger partial charge in [-0.1, -0.05) is 42.5 Å². The summed E-state index contributed by atoms with van der Waals surface area (Å²) in [5.41, 5.74) is 4.03. The second-order valence-electron chi connectivity index (χ2n) is 5.11. The van der Waals surface area contributed by atoms with Crippen LogP contribution < -0.4 is 5.32 Å². The largest absolute Gasteiger partial charge is 0.389 e. The average Bonchev–Trinajstić information content (AvgIpc) is 2.53. The van der Waals surface area contributed by atoms with E-state index in [1.54, 1.807) is 6.92 Å². The maximum absolute atomic E-state index is 9.82. The summed E-state index contributed by atoms with van der Waals surface area (Å²) >= 11 is 0. The fourth-order valence-electron chi connectivity index (χ4n) is 2.52. The molecule has 21 heavy (non-hydrogen) atoms. The van der Waals surface area contributed by atoms with E-state index in [4.69, 9.17) is 0 Å². The van der Waals surface area contributed by atoms with Crippen molar-refractivity contribution in [1.29, 1.82) is 0 Å². The van der Waals surface area contributed by atoms with Gasteiger partial charge in [-0.15, -0.1) is 0 Å². The van der Waals surface area contributed by atoms with Gasteiger partial charge in [-0.3, -0.25) is 4.98 Å². The van der Waals surface area contributed by atoms with E-state index in [1.807, 2.05) is 42.6 Å². The molecule has 2 aromatic carbocycles. The van der Waals surface area contributed by atoms with Gasteiger partial charge in [0.2, 0.25) is 0 Å². The number of hydrogen-bond donors (Lipinski definition) is 2. The van der Waals surface area contributed by atoms with Crippen molar-refractivity contribution in [2.75, 3.05) is 5.32 Å². The van der Waals surface area contributed by atoms with Gasteiger partial charge in [-0.2, -0.15) is 0 Å². The van der Waals surface area contributed by atoms with Crippen molar-refractivity contribution in [3.8, 4) is 0 Å². The lowest BCUT2D eigenvalue weighted by atomic mass is 10.1. The molecular formula is C18H18N2O. The third-order valence-corrected chi connectivity index (χ3v) is 3.60. The fourth-order valence-corrected chi connectivity index (χ4v) is 2.52. The molecule has 0 aliphatic carbocycles. The third kappa shape index (κ3) is 2.88. The first-order valence-corrected chi connectivity index (χ1v) is 7.09. The normalized spacial score (nSPS) is 12.3. The van der Waals surface area contributed by atoms with Gasteiger partial charge in [-0.05, 0) is 24.6 Å². The fraction of sp³-hybridized carbons (Fsp3) is 0.167. The van der Waals surface area contributed by atoms with Crippen molar-refractivity contribution in [3.05, 3.63) is 71.9 Å². The molecule has 3 nitrogen and oxygen atoms in total. The molecule has 0 fully saturated rings. The number of hydrogen-bond acceptors (Lipinski definition) is 3. The molecule has 1 aromatic heterocycles. The summed E-state index contributed by atoms with van der Waals surface area (Å²) in [6.07, 6.45) is 1.33. The predicted molar refractivity (Wildman–Crippen MR) is 86.1 cm³/mol. The molecule has 1 unspecified atom stereocenters. The molecule has 3 rings (SSSR count). The van der Waals surface area contributed by atoms with Crippen molar-refractivity contribution in [2.45, 2.75) is 19.6 Å². The molecule has 0 saturated carbocycles. The molecule has 0 amide bonds. The first-order chi connectivity index (χ1) is 10.3. The van der Waals surface area contributed by atoms with E-state index in [2.05, 4.69) is 28.5 Å². The van der Waals surface area contributed by atoms with E-state index in [0.717, 1.165) is 27.7 Å². The number of fused-ring (bicyclic) bond motifs is 1. The van der Waals surface area contributed by atoms with Gasteiger partial charge in [0.15, 0.2) is 0 Å². The number of rotatable bonds is 4. The second-order valence-corrected chi connectivity index (χ2v) is 5.11. The number of nitrogens with zero attached hydrogens (tertiary/aromatic N) is 1. The molecule has 0 aliphatic rings. The highest BCUT2D eigenvalue weighted by molar-refractivity contribution is 5.81. The molecule has 0 aliphatic heterocycles. The van der Waals surface area contributed by atoms with E-state index in [1.165, 1.54) is 0 Å².